The molecule has 0 radical (unpaired) electrons. The molecule has 1 saturated heterocycles. The third-order valence-corrected chi connectivity index (χ3v) is 6.55. The minimum atomic E-state index is -0.937. The van der Waals surface area contributed by atoms with E-state index in [0.717, 1.165) is 16.1 Å². The number of carboxylic acids is 1. The number of aliphatic carboxylic acids is 1. The van der Waals surface area contributed by atoms with Gasteiger partial charge in [0, 0.05) is 24.0 Å². The first kappa shape index (κ1) is 19.3. The number of nitrogens with zero attached hydrogens (tertiary/aromatic N) is 2. The van der Waals surface area contributed by atoms with Crippen molar-refractivity contribution in [3.8, 4) is 10.6 Å². The van der Waals surface area contributed by atoms with E-state index in [-0.39, 0.29) is 5.91 Å². The molecule has 1 aliphatic heterocycles. The van der Waals surface area contributed by atoms with Crippen LogP contribution >= 0.6 is 11.3 Å². The van der Waals surface area contributed by atoms with Gasteiger partial charge < -0.3 is 10.0 Å². The molecule has 4 rings (SSSR count). The lowest BCUT2D eigenvalue weighted by atomic mass is 9.73. The Hall–Kier alpha value is -2.99. The van der Waals surface area contributed by atoms with Crippen LogP contribution in [0.2, 0.25) is 0 Å². The summed E-state index contributed by atoms with van der Waals surface area (Å²) in [7, 11) is 0. The summed E-state index contributed by atoms with van der Waals surface area (Å²) in [5.74, 6) is -0.960. The van der Waals surface area contributed by atoms with Gasteiger partial charge in [0.15, 0.2) is 0 Å². The molecule has 2 heterocycles. The SMILES string of the molecule is Cc1ccc(-c2nc(C(=O)N3CCC(C(=O)O)(c4ccccc4)CC3)cs2)cc1. The Morgan fingerprint density at radius 3 is 2.31 bits per heavy atom. The zero-order chi connectivity index (χ0) is 20.4. The summed E-state index contributed by atoms with van der Waals surface area (Å²) in [4.78, 5) is 31.3. The summed E-state index contributed by atoms with van der Waals surface area (Å²) in [6.45, 7) is 2.83. The minimum Gasteiger partial charge on any atom is -0.481 e. The topological polar surface area (TPSA) is 70.5 Å². The van der Waals surface area contributed by atoms with Crippen molar-refractivity contribution >= 4 is 23.2 Å². The molecule has 1 fully saturated rings. The minimum absolute atomic E-state index is 0.133. The van der Waals surface area contributed by atoms with Crippen molar-refractivity contribution < 1.29 is 14.7 Å². The number of carbonyl (C=O) groups excluding carboxylic acids is 1. The highest BCUT2D eigenvalue weighted by Gasteiger charge is 2.44. The van der Waals surface area contributed by atoms with Gasteiger partial charge in [0.25, 0.3) is 5.91 Å². The second-order valence-electron chi connectivity index (χ2n) is 7.45. The van der Waals surface area contributed by atoms with Gasteiger partial charge in [0.2, 0.25) is 0 Å². The fourth-order valence-electron chi connectivity index (χ4n) is 3.84. The molecule has 0 aliphatic carbocycles. The number of hydrogen-bond acceptors (Lipinski definition) is 4. The molecule has 1 amide bonds. The number of thiazole rings is 1. The van der Waals surface area contributed by atoms with Crippen LogP contribution in [0.25, 0.3) is 10.6 Å². The van der Waals surface area contributed by atoms with Crippen LogP contribution in [0.4, 0.5) is 0 Å². The summed E-state index contributed by atoms with van der Waals surface area (Å²) < 4.78 is 0. The van der Waals surface area contributed by atoms with E-state index < -0.39 is 11.4 Å². The smallest absolute Gasteiger partial charge is 0.314 e. The van der Waals surface area contributed by atoms with Crippen LogP contribution in [-0.2, 0) is 10.2 Å². The molecule has 6 heteroatoms. The van der Waals surface area contributed by atoms with Crippen LogP contribution in [0.1, 0.15) is 34.5 Å². The predicted molar refractivity (Wildman–Crippen MR) is 113 cm³/mol. The average Bonchev–Trinajstić information content (AvgIpc) is 3.24. The van der Waals surface area contributed by atoms with Gasteiger partial charge in [-0.3, -0.25) is 9.59 Å². The number of piperidine rings is 1. The lowest BCUT2D eigenvalue weighted by molar-refractivity contribution is -0.145. The molecule has 1 aliphatic rings. The van der Waals surface area contributed by atoms with Crippen molar-refractivity contribution in [2.45, 2.75) is 25.2 Å². The van der Waals surface area contributed by atoms with Gasteiger partial charge in [-0.05, 0) is 25.3 Å². The van der Waals surface area contributed by atoms with Crippen molar-refractivity contribution in [3.05, 3.63) is 76.8 Å². The summed E-state index contributed by atoms with van der Waals surface area (Å²) in [5, 5.41) is 12.5. The molecule has 0 spiro atoms. The molecule has 0 saturated carbocycles. The summed E-state index contributed by atoms with van der Waals surface area (Å²) in [6.07, 6.45) is 0.792. The van der Waals surface area contributed by atoms with Crippen molar-refractivity contribution in [2.24, 2.45) is 0 Å². The highest BCUT2D eigenvalue weighted by molar-refractivity contribution is 7.13. The molecular weight excluding hydrogens is 384 g/mol. The highest BCUT2D eigenvalue weighted by atomic mass is 32.1. The van der Waals surface area contributed by atoms with E-state index in [9.17, 15) is 14.7 Å². The van der Waals surface area contributed by atoms with Crippen molar-refractivity contribution in [1.82, 2.24) is 9.88 Å². The molecule has 2 aromatic carbocycles. The first-order valence-electron chi connectivity index (χ1n) is 9.60. The van der Waals surface area contributed by atoms with E-state index in [0.29, 0.717) is 31.6 Å². The number of hydrogen-bond donors (Lipinski definition) is 1. The summed E-state index contributed by atoms with van der Waals surface area (Å²) >= 11 is 1.45. The summed E-state index contributed by atoms with van der Waals surface area (Å²) in [5.41, 5.74) is 2.46. The van der Waals surface area contributed by atoms with Crippen molar-refractivity contribution in [3.63, 3.8) is 0 Å². The number of rotatable bonds is 4. The van der Waals surface area contributed by atoms with E-state index in [1.54, 1.807) is 10.3 Å². The Kier molecular flexibility index (Phi) is 5.20. The fourth-order valence-corrected chi connectivity index (χ4v) is 4.64. The Morgan fingerprint density at radius 1 is 1.03 bits per heavy atom. The fraction of sp³-hybridized carbons (Fsp3) is 0.261. The molecule has 5 nitrogen and oxygen atoms in total. The Balaban J connectivity index is 1.49. The molecule has 29 heavy (non-hydrogen) atoms. The second kappa shape index (κ2) is 7.79. The van der Waals surface area contributed by atoms with E-state index >= 15 is 0 Å². The zero-order valence-electron chi connectivity index (χ0n) is 16.2. The van der Waals surface area contributed by atoms with E-state index in [1.807, 2.05) is 61.5 Å². The van der Waals surface area contributed by atoms with Crippen LogP contribution in [0.5, 0.6) is 0 Å². The van der Waals surface area contributed by atoms with Gasteiger partial charge in [-0.25, -0.2) is 4.98 Å². The quantitative estimate of drug-likeness (QED) is 0.698. The third-order valence-electron chi connectivity index (χ3n) is 5.66. The maximum atomic E-state index is 12.9. The zero-order valence-corrected chi connectivity index (χ0v) is 17.0. The number of carbonyl (C=O) groups is 2. The van der Waals surface area contributed by atoms with Gasteiger partial charge >= 0.3 is 5.97 Å². The molecule has 0 bridgehead atoms. The van der Waals surface area contributed by atoms with Gasteiger partial charge in [0.1, 0.15) is 10.7 Å². The number of likely N-dealkylation sites (tertiary alicyclic amines) is 1. The molecule has 1 aromatic heterocycles. The van der Waals surface area contributed by atoms with Crippen LogP contribution in [0.15, 0.2) is 60.0 Å². The molecule has 3 aromatic rings. The van der Waals surface area contributed by atoms with Gasteiger partial charge in [0.05, 0.1) is 5.41 Å². The Morgan fingerprint density at radius 2 is 1.69 bits per heavy atom. The Labute approximate surface area is 173 Å². The Bertz CT molecular complexity index is 1020. The predicted octanol–water partition coefficient (Wildman–Crippen LogP) is 4.38. The molecule has 1 N–H and O–H groups in total. The highest BCUT2D eigenvalue weighted by Crippen LogP contribution is 2.36. The lowest BCUT2D eigenvalue weighted by Gasteiger charge is -2.39. The molecule has 0 unspecified atom stereocenters. The maximum Gasteiger partial charge on any atom is 0.314 e. The first-order valence-corrected chi connectivity index (χ1v) is 10.5. The molecule has 148 valence electrons. The number of aromatic nitrogens is 1. The van der Waals surface area contributed by atoms with Crippen LogP contribution in [0.3, 0.4) is 0 Å². The lowest BCUT2D eigenvalue weighted by Crippen LogP contribution is -2.49. The average molecular weight is 407 g/mol. The number of amides is 1. The molecular formula is C23H22N2O3S. The van der Waals surface area contributed by atoms with Crippen molar-refractivity contribution in [2.75, 3.05) is 13.1 Å². The molecule has 0 atom stereocenters. The number of benzene rings is 2. The standard InChI is InChI=1S/C23H22N2O3S/c1-16-7-9-17(10-8-16)20-24-19(15-29-20)21(26)25-13-11-23(12-14-25,22(27)28)18-5-3-2-4-6-18/h2-10,15H,11-14H2,1H3,(H,27,28). The first-order chi connectivity index (χ1) is 14.0. The largest absolute Gasteiger partial charge is 0.481 e. The van der Waals surface area contributed by atoms with Gasteiger partial charge in [-0.15, -0.1) is 11.3 Å². The maximum absolute atomic E-state index is 12.9. The van der Waals surface area contributed by atoms with E-state index in [2.05, 4.69) is 4.98 Å². The third kappa shape index (κ3) is 3.68. The van der Waals surface area contributed by atoms with Crippen LogP contribution < -0.4 is 0 Å². The van der Waals surface area contributed by atoms with E-state index in [4.69, 9.17) is 0 Å². The van der Waals surface area contributed by atoms with Crippen molar-refractivity contribution in [1.29, 1.82) is 0 Å². The van der Waals surface area contributed by atoms with Crippen LogP contribution in [0, 0.1) is 6.92 Å². The summed E-state index contributed by atoms with van der Waals surface area (Å²) in [6, 6.07) is 17.4. The number of carboxylic acid groups (broad SMARTS) is 1. The second-order valence-corrected chi connectivity index (χ2v) is 8.31. The van der Waals surface area contributed by atoms with Crippen LogP contribution in [-0.4, -0.2) is 40.0 Å². The van der Waals surface area contributed by atoms with E-state index in [1.165, 1.54) is 16.9 Å². The number of aryl methyl sites for hydroxylation is 1. The van der Waals surface area contributed by atoms with Gasteiger partial charge in [-0.2, -0.15) is 0 Å². The normalized spacial score (nSPS) is 15.8. The van der Waals surface area contributed by atoms with Gasteiger partial charge in [-0.1, -0.05) is 60.2 Å². The monoisotopic (exact) mass is 406 g/mol.